The molecule has 7 heteroatoms. The van der Waals surface area contributed by atoms with E-state index in [0.29, 0.717) is 42.7 Å². The molecule has 0 radical (unpaired) electrons. The lowest BCUT2D eigenvalue weighted by atomic mass is 10.1. The minimum Gasteiger partial charge on any atom is -0.378 e. The maximum absolute atomic E-state index is 13.5. The van der Waals surface area contributed by atoms with Crippen LogP contribution in [0.3, 0.4) is 0 Å². The van der Waals surface area contributed by atoms with Gasteiger partial charge < -0.3 is 9.64 Å². The van der Waals surface area contributed by atoms with Gasteiger partial charge in [-0.15, -0.1) is 0 Å². The summed E-state index contributed by atoms with van der Waals surface area (Å²) in [7, 11) is -3.77. The third-order valence-corrected chi connectivity index (χ3v) is 7.10. The summed E-state index contributed by atoms with van der Waals surface area (Å²) < 4.78 is 32.5. The molecular weight excluding hydrogens is 408 g/mol. The van der Waals surface area contributed by atoms with Crippen LogP contribution in [-0.2, 0) is 14.6 Å². The number of anilines is 1. The molecule has 0 amide bonds. The summed E-state index contributed by atoms with van der Waals surface area (Å²) >= 11 is 5.95. The van der Waals surface area contributed by atoms with E-state index in [2.05, 4.69) is 0 Å². The molecule has 0 saturated carbocycles. The van der Waals surface area contributed by atoms with Gasteiger partial charge in [-0.05, 0) is 42.8 Å². The van der Waals surface area contributed by atoms with Crippen LogP contribution in [0.25, 0.3) is 11.3 Å². The van der Waals surface area contributed by atoms with E-state index < -0.39 is 9.84 Å². The third-order valence-electron chi connectivity index (χ3n) is 4.91. The first-order valence-electron chi connectivity index (χ1n) is 9.37. The molecule has 150 valence electrons. The maximum Gasteiger partial charge on any atom is 0.210 e. The van der Waals surface area contributed by atoms with Gasteiger partial charge in [0.15, 0.2) is 0 Å². The zero-order valence-electron chi connectivity index (χ0n) is 16.0. The Balaban J connectivity index is 1.91. The quantitative estimate of drug-likeness (QED) is 0.617. The zero-order valence-corrected chi connectivity index (χ0v) is 17.6. The van der Waals surface area contributed by atoms with Crippen molar-refractivity contribution in [3.05, 3.63) is 71.2 Å². The van der Waals surface area contributed by atoms with Gasteiger partial charge >= 0.3 is 0 Å². The number of nitrogens with zero attached hydrogens (tertiary/aromatic N) is 2. The number of ether oxygens (including phenoxy) is 1. The van der Waals surface area contributed by atoms with Crippen LogP contribution >= 0.6 is 11.6 Å². The van der Waals surface area contributed by atoms with Gasteiger partial charge in [0, 0.05) is 23.7 Å². The van der Waals surface area contributed by atoms with E-state index in [1.54, 1.807) is 12.1 Å². The highest BCUT2D eigenvalue weighted by Crippen LogP contribution is 2.35. The van der Waals surface area contributed by atoms with Crippen molar-refractivity contribution in [2.45, 2.75) is 16.7 Å². The highest BCUT2D eigenvalue weighted by molar-refractivity contribution is 7.91. The highest BCUT2D eigenvalue weighted by Gasteiger charge is 2.29. The van der Waals surface area contributed by atoms with Gasteiger partial charge in [-0.2, -0.15) is 0 Å². The Labute approximate surface area is 175 Å². The van der Waals surface area contributed by atoms with Crippen molar-refractivity contribution >= 4 is 27.3 Å². The lowest BCUT2D eigenvalue weighted by molar-refractivity contribution is 0.122. The molecule has 0 aliphatic carbocycles. The van der Waals surface area contributed by atoms with Gasteiger partial charge in [-0.3, -0.25) is 0 Å². The molecule has 29 heavy (non-hydrogen) atoms. The molecule has 0 N–H and O–H groups in total. The Hall–Kier alpha value is -2.41. The molecule has 1 aliphatic rings. The smallest absolute Gasteiger partial charge is 0.210 e. The predicted octanol–water partition coefficient (Wildman–Crippen LogP) is 4.38. The van der Waals surface area contributed by atoms with Crippen LogP contribution in [-0.4, -0.2) is 39.7 Å². The van der Waals surface area contributed by atoms with Crippen LogP contribution in [0.2, 0.25) is 5.02 Å². The number of pyridine rings is 1. The summed E-state index contributed by atoms with van der Waals surface area (Å²) in [5, 5.41) is 0.492. The summed E-state index contributed by atoms with van der Waals surface area (Å²) in [6, 6.07) is 17.8. The van der Waals surface area contributed by atoms with Gasteiger partial charge in [0.1, 0.15) is 10.7 Å². The molecule has 0 bridgehead atoms. The van der Waals surface area contributed by atoms with E-state index >= 15 is 0 Å². The topological polar surface area (TPSA) is 59.5 Å². The molecule has 3 aromatic rings. The van der Waals surface area contributed by atoms with Crippen molar-refractivity contribution in [3.8, 4) is 11.3 Å². The van der Waals surface area contributed by atoms with Crippen LogP contribution in [0.4, 0.5) is 5.82 Å². The average Bonchev–Trinajstić information content (AvgIpc) is 2.74. The van der Waals surface area contributed by atoms with Crippen LogP contribution in [0.15, 0.2) is 70.5 Å². The highest BCUT2D eigenvalue weighted by atomic mass is 35.5. The number of morpholine rings is 1. The Bertz CT molecular complexity index is 1110. The van der Waals surface area contributed by atoms with Crippen molar-refractivity contribution in [3.63, 3.8) is 0 Å². The molecule has 0 atom stereocenters. The Morgan fingerprint density at radius 1 is 1.00 bits per heavy atom. The summed E-state index contributed by atoms with van der Waals surface area (Å²) in [6.07, 6.45) is 0. The summed E-state index contributed by atoms with van der Waals surface area (Å²) in [5.74, 6) is 0.474. The van der Waals surface area contributed by atoms with E-state index in [1.165, 1.54) is 12.1 Å². The lowest BCUT2D eigenvalue weighted by Gasteiger charge is -2.30. The molecule has 1 saturated heterocycles. The van der Waals surface area contributed by atoms with E-state index in [0.717, 1.165) is 11.3 Å². The zero-order chi connectivity index (χ0) is 20.4. The number of benzene rings is 2. The fourth-order valence-electron chi connectivity index (χ4n) is 3.45. The predicted molar refractivity (Wildman–Crippen MR) is 114 cm³/mol. The number of hydrogen-bond donors (Lipinski definition) is 0. The van der Waals surface area contributed by atoms with E-state index in [1.807, 2.05) is 48.2 Å². The van der Waals surface area contributed by atoms with Gasteiger partial charge in [-0.25, -0.2) is 13.4 Å². The number of rotatable bonds is 4. The van der Waals surface area contributed by atoms with Crippen LogP contribution in [0, 0.1) is 6.92 Å². The number of sulfone groups is 1. The number of halogens is 1. The molecular formula is C22H21ClN2O3S. The summed E-state index contributed by atoms with van der Waals surface area (Å²) in [5.41, 5.74) is 2.36. The first-order chi connectivity index (χ1) is 14.0. The molecule has 0 spiro atoms. The molecule has 1 fully saturated rings. The monoisotopic (exact) mass is 428 g/mol. The minimum atomic E-state index is -3.77. The van der Waals surface area contributed by atoms with Crippen molar-refractivity contribution in [2.75, 3.05) is 31.2 Å². The SMILES string of the molecule is Cc1cc(-c2ccccc2)nc(N2CCOCC2)c1S(=O)(=O)c1ccc(Cl)cc1. The van der Waals surface area contributed by atoms with Crippen molar-refractivity contribution in [2.24, 2.45) is 0 Å². The largest absolute Gasteiger partial charge is 0.378 e. The van der Waals surface area contributed by atoms with Crippen molar-refractivity contribution in [1.82, 2.24) is 4.98 Å². The standard InChI is InChI=1S/C22H21ClN2O3S/c1-16-15-20(17-5-3-2-4-6-17)24-22(25-11-13-28-14-12-25)21(16)29(26,27)19-9-7-18(23)8-10-19/h2-10,15H,11-14H2,1H3. The first kappa shape index (κ1) is 19.9. The molecule has 1 aromatic heterocycles. The average molecular weight is 429 g/mol. The molecule has 1 aliphatic heterocycles. The summed E-state index contributed by atoms with van der Waals surface area (Å²) in [6.45, 7) is 4.08. The fourth-order valence-corrected chi connectivity index (χ4v) is 5.21. The second kappa shape index (κ2) is 8.14. The van der Waals surface area contributed by atoms with Gasteiger partial charge in [-0.1, -0.05) is 41.9 Å². The lowest BCUT2D eigenvalue weighted by Crippen LogP contribution is -2.38. The second-order valence-corrected chi connectivity index (χ2v) is 9.22. The van der Waals surface area contributed by atoms with Crippen LogP contribution in [0.1, 0.15) is 5.56 Å². The molecule has 0 unspecified atom stereocenters. The normalized spacial score (nSPS) is 14.8. The minimum absolute atomic E-state index is 0.203. The maximum atomic E-state index is 13.5. The number of hydrogen-bond acceptors (Lipinski definition) is 5. The van der Waals surface area contributed by atoms with Crippen molar-refractivity contribution < 1.29 is 13.2 Å². The number of aryl methyl sites for hydroxylation is 1. The van der Waals surface area contributed by atoms with Crippen LogP contribution < -0.4 is 4.90 Å². The summed E-state index contributed by atoms with van der Waals surface area (Å²) in [4.78, 5) is 7.23. The molecule has 4 rings (SSSR count). The fraction of sp³-hybridized carbons (Fsp3) is 0.227. The molecule has 2 aromatic carbocycles. The van der Waals surface area contributed by atoms with E-state index in [9.17, 15) is 8.42 Å². The van der Waals surface area contributed by atoms with E-state index in [-0.39, 0.29) is 9.79 Å². The van der Waals surface area contributed by atoms with Gasteiger partial charge in [0.25, 0.3) is 0 Å². The number of aromatic nitrogens is 1. The van der Waals surface area contributed by atoms with E-state index in [4.69, 9.17) is 21.3 Å². The van der Waals surface area contributed by atoms with Crippen molar-refractivity contribution in [1.29, 1.82) is 0 Å². The second-order valence-electron chi connectivity index (χ2n) is 6.90. The van der Waals surface area contributed by atoms with Gasteiger partial charge in [0.2, 0.25) is 9.84 Å². The van der Waals surface area contributed by atoms with Gasteiger partial charge in [0.05, 0.1) is 23.8 Å². The third kappa shape index (κ3) is 4.01. The first-order valence-corrected chi connectivity index (χ1v) is 11.2. The Kier molecular flexibility index (Phi) is 5.58. The van der Waals surface area contributed by atoms with Crippen LogP contribution in [0.5, 0.6) is 0 Å². The Morgan fingerprint density at radius 3 is 2.31 bits per heavy atom. The Morgan fingerprint density at radius 2 is 1.66 bits per heavy atom. The molecule has 5 nitrogen and oxygen atoms in total. The molecule has 2 heterocycles.